The maximum atomic E-state index is 4.96. The average Bonchev–Trinajstić information content (AvgIpc) is 1.91. The molecule has 0 aromatic rings. The van der Waals surface area contributed by atoms with Crippen LogP contribution in [0, 0.1) is 6.08 Å². The molecule has 0 saturated heterocycles. The second-order valence-electron chi connectivity index (χ2n) is 2.15. The molecule has 0 spiro atoms. The van der Waals surface area contributed by atoms with Crippen molar-refractivity contribution in [2.24, 2.45) is 0 Å². The van der Waals surface area contributed by atoms with Crippen molar-refractivity contribution < 1.29 is 4.74 Å². The molecule has 1 aliphatic heterocycles. The maximum Gasteiger partial charge on any atom is 0.0989 e. The van der Waals surface area contributed by atoms with Crippen LogP contribution in [0.5, 0.6) is 0 Å². The van der Waals surface area contributed by atoms with Gasteiger partial charge in [-0.1, -0.05) is 6.08 Å². The van der Waals surface area contributed by atoms with E-state index in [0.29, 0.717) is 0 Å². The van der Waals surface area contributed by atoms with Gasteiger partial charge in [0.15, 0.2) is 0 Å². The standard InChI is InChI=1S/C7H12NO/c1-9-7-8-5-3-2-4-6-8/h3H,4-7H2,1H3. The largest absolute Gasteiger partial charge is 0.369 e. The van der Waals surface area contributed by atoms with Crippen molar-refractivity contribution >= 4 is 0 Å². The summed E-state index contributed by atoms with van der Waals surface area (Å²) in [5.41, 5.74) is 0. The van der Waals surface area contributed by atoms with Gasteiger partial charge in [-0.2, -0.15) is 0 Å². The van der Waals surface area contributed by atoms with Gasteiger partial charge in [-0.25, -0.2) is 0 Å². The van der Waals surface area contributed by atoms with E-state index >= 15 is 0 Å². The molecule has 0 saturated carbocycles. The van der Waals surface area contributed by atoms with Gasteiger partial charge in [0.2, 0.25) is 0 Å². The molecule has 1 heterocycles. The zero-order valence-electron chi connectivity index (χ0n) is 5.76. The minimum Gasteiger partial charge on any atom is -0.369 e. The Hall–Kier alpha value is -0.340. The van der Waals surface area contributed by atoms with Gasteiger partial charge in [0.1, 0.15) is 0 Å². The lowest BCUT2D eigenvalue weighted by molar-refractivity contribution is 0.0696. The van der Waals surface area contributed by atoms with Gasteiger partial charge < -0.3 is 4.74 Å². The minimum atomic E-state index is 0.748. The SMILES string of the molecule is COCN1CC=[C]CC1. The molecule has 51 valence electrons. The van der Waals surface area contributed by atoms with Crippen LogP contribution >= 0.6 is 0 Å². The molecule has 2 heteroatoms. The summed E-state index contributed by atoms with van der Waals surface area (Å²) in [6.45, 7) is 2.83. The highest BCUT2D eigenvalue weighted by Gasteiger charge is 2.03. The first kappa shape index (κ1) is 6.78. The lowest BCUT2D eigenvalue weighted by atomic mass is 10.3. The third-order valence-electron chi connectivity index (χ3n) is 1.38. The fourth-order valence-electron chi connectivity index (χ4n) is 0.909. The first-order chi connectivity index (χ1) is 4.43. The van der Waals surface area contributed by atoms with Crippen molar-refractivity contribution in [3.8, 4) is 0 Å². The first-order valence-electron chi connectivity index (χ1n) is 3.20. The first-order valence-corrected chi connectivity index (χ1v) is 3.20. The molecule has 1 radical (unpaired) electrons. The Morgan fingerprint density at radius 1 is 1.78 bits per heavy atom. The van der Waals surface area contributed by atoms with Crippen molar-refractivity contribution in [3.63, 3.8) is 0 Å². The van der Waals surface area contributed by atoms with E-state index < -0.39 is 0 Å². The van der Waals surface area contributed by atoms with Gasteiger partial charge in [-0.15, -0.1) is 0 Å². The van der Waals surface area contributed by atoms with Crippen LogP contribution in [-0.2, 0) is 4.74 Å². The van der Waals surface area contributed by atoms with E-state index in [9.17, 15) is 0 Å². The quantitative estimate of drug-likeness (QED) is 0.539. The summed E-state index contributed by atoms with van der Waals surface area (Å²) >= 11 is 0. The summed E-state index contributed by atoms with van der Waals surface area (Å²) in [5.74, 6) is 0. The average molecular weight is 126 g/mol. The molecule has 0 N–H and O–H groups in total. The van der Waals surface area contributed by atoms with E-state index in [2.05, 4.69) is 17.1 Å². The van der Waals surface area contributed by atoms with Gasteiger partial charge in [-0.3, -0.25) is 4.90 Å². The molecule has 0 aliphatic carbocycles. The molecule has 0 bridgehead atoms. The van der Waals surface area contributed by atoms with Gasteiger partial charge >= 0.3 is 0 Å². The van der Waals surface area contributed by atoms with Crippen LogP contribution in [0.25, 0.3) is 0 Å². The predicted octanol–water partition coefficient (Wildman–Crippen LogP) is 0.655. The Labute approximate surface area is 56.1 Å². The van der Waals surface area contributed by atoms with Crippen LogP contribution in [0.1, 0.15) is 6.42 Å². The molecule has 9 heavy (non-hydrogen) atoms. The third kappa shape index (κ3) is 2.16. The van der Waals surface area contributed by atoms with Crippen LogP contribution in [0.2, 0.25) is 0 Å². The molecule has 1 rings (SSSR count). The van der Waals surface area contributed by atoms with Gasteiger partial charge in [0.05, 0.1) is 6.73 Å². The molecule has 0 aromatic carbocycles. The van der Waals surface area contributed by atoms with Crippen molar-refractivity contribution in [2.45, 2.75) is 6.42 Å². The highest BCUT2D eigenvalue weighted by atomic mass is 16.5. The highest BCUT2D eigenvalue weighted by Crippen LogP contribution is 1.98. The van der Waals surface area contributed by atoms with Crippen LogP contribution in [0.3, 0.4) is 0 Å². The van der Waals surface area contributed by atoms with Crippen LogP contribution < -0.4 is 0 Å². The zero-order valence-corrected chi connectivity index (χ0v) is 5.76. The van der Waals surface area contributed by atoms with Crippen molar-refractivity contribution in [3.05, 3.63) is 12.2 Å². The number of nitrogens with zero attached hydrogens (tertiary/aromatic N) is 1. The zero-order chi connectivity index (χ0) is 6.53. The highest BCUT2D eigenvalue weighted by molar-refractivity contribution is 4.83. The Bertz CT molecular complexity index is 101. The van der Waals surface area contributed by atoms with Crippen LogP contribution in [0.4, 0.5) is 0 Å². The molecule has 0 atom stereocenters. The van der Waals surface area contributed by atoms with Crippen molar-refractivity contribution in [1.29, 1.82) is 0 Å². The number of rotatable bonds is 2. The summed E-state index contributed by atoms with van der Waals surface area (Å²) in [7, 11) is 1.72. The van der Waals surface area contributed by atoms with E-state index in [0.717, 1.165) is 26.2 Å². The molecule has 0 amide bonds. The van der Waals surface area contributed by atoms with Crippen molar-refractivity contribution in [1.82, 2.24) is 4.90 Å². The third-order valence-corrected chi connectivity index (χ3v) is 1.38. The molecule has 2 nitrogen and oxygen atoms in total. The summed E-state index contributed by atoms with van der Waals surface area (Å²) in [4.78, 5) is 2.23. The monoisotopic (exact) mass is 126 g/mol. The number of ether oxygens (including phenoxy) is 1. The van der Waals surface area contributed by atoms with E-state index in [1.807, 2.05) is 0 Å². The van der Waals surface area contributed by atoms with Gasteiger partial charge in [-0.05, 0) is 12.5 Å². The molecule has 0 aromatic heterocycles. The Morgan fingerprint density at radius 2 is 2.67 bits per heavy atom. The molecular formula is C7H12NO. The molecule has 0 unspecified atom stereocenters. The number of hydrogen-bond acceptors (Lipinski definition) is 2. The van der Waals surface area contributed by atoms with E-state index in [4.69, 9.17) is 4.74 Å². The summed E-state index contributed by atoms with van der Waals surface area (Å²) in [5, 5.41) is 0. The predicted molar refractivity (Wildman–Crippen MR) is 35.9 cm³/mol. The fraction of sp³-hybridized carbons (Fsp3) is 0.714. The molecule has 0 fully saturated rings. The minimum absolute atomic E-state index is 0.748. The van der Waals surface area contributed by atoms with E-state index in [1.54, 1.807) is 7.11 Å². The second-order valence-corrected chi connectivity index (χ2v) is 2.15. The fourth-order valence-corrected chi connectivity index (χ4v) is 0.909. The van der Waals surface area contributed by atoms with Crippen LogP contribution in [-0.4, -0.2) is 31.8 Å². The van der Waals surface area contributed by atoms with Gasteiger partial charge in [0.25, 0.3) is 0 Å². The second kappa shape index (κ2) is 3.64. The Kier molecular flexibility index (Phi) is 2.74. The number of hydrogen-bond donors (Lipinski definition) is 0. The smallest absolute Gasteiger partial charge is 0.0989 e. The normalized spacial score (nSPS) is 20.6. The van der Waals surface area contributed by atoms with Crippen molar-refractivity contribution in [2.75, 3.05) is 26.9 Å². The van der Waals surface area contributed by atoms with Gasteiger partial charge in [0, 0.05) is 20.2 Å². The van der Waals surface area contributed by atoms with E-state index in [-0.39, 0.29) is 0 Å². The van der Waals surface area contributed by atoms with Crippen LogP contribution in [0.15, 0.2) is 6.08 Å². The number of methoxy groups -OCH3 is 1. The Morgan fingerprint density at radius 3 is 3.22 bits per heavy atom. The van der Waals surface area contributed by atoms with E-state index in [1.165, 1.54) is 0 Å². The molecule has 1 aliphatic rings. The molecular weight excluding hydrogens is 114 g/mol. The maximum absolute atomic E-state index is 4.96. The summed E-state index contributed by atoms with van der Waals surface area (Å²) < 4.78 is 4.96. The Balaban J connectivity index is 2.18. The topological polar surface area (TPSA) is 12.5 Å². The summed E-state index contributed by atoms with van der Waals surface area (Å²) in [6.07, 6.45) is 6.25. The summed E-state index contributed by atoms with van der Waals surface area (Å²) in [6, 6.07) is 0. The lowest BCUT2D eigenvalue weighted by Gasteiger charge is -2.20. The lowest BCUT2D eigenvalue weighted by Crippen LogP contribution is -2.29.